The van der Waals surface area contributed by atoms with Crippen molar-refractivity contribution in [1.29, 1.82) is 0 Å². The maximum Gasteiger partial charge on any atom is 0.191 e. The van der Waals surface area contributed by atoms with Crippen LogP contribution in [0.4, 0.5) is 11.6 Å². The average molecular weight is 286 g/mol. The molecule has 0 spiro atoms. The van der Waals surface area contributed by atoms with Gasteiger partial charge in [-0.15, -0.1) is 0 Å². The van der Waals surface area contributed by atoms with Gasteiger partial charge in [-0.05, 0) is 25.9 Å². The molecule has 1 aromatic heterocycles. The highest BCUT2D eigenvalue weighted by atomic mass is 32.2. The largest absolute Gasteiger partial charge is 0.370 e. The summed E-state index contributed by atoms with van der Waals surface area (Å²) in [5.41, 5.74) is 0. The number of rotatable bonds is 8. The number of nitrogens with zero attached hydrogens (tertiary/aromatic N) is 2. The van der Waals surface area contributed by atoms with Gasteiger partial charge in [0, 0.05) is 24.4 Å². The van der Waals surface area contributed by atoms with Crippen LogP contribution in [-0.2, 0) is 0 Å². The zero-order valence-electron chi connectivity index (χ0n) is 11.5. The van der Waals surface area contributed by atoms with Gasteiger partial charge >= 0.3 is 0 Å². The van der Waals surface area contributed by atoms with Crippen molar-refractivity contribution in [3.05, 3.63) is 6.07 Å². The van der Waals surface area contributed by atoms with E-state index in [4.69, 9.17) is 0 Å². The molecule has 18 heavy (non-hydrogen) atoms. The Morgan fingerprint density at radius 1 is 1.22 bits per heavy atom. The van der Waals surface area contributed by atoms with Gasteiger partial charge in [-0.1, -0.05) is 18.7 Å². The Hall–Kier alpha value is -0.620. The Morgan fingerprint density at radius 2 is 1.89 bits per heavy atom. The Bertz CT molecular complexity index is 360. The van der Waals surface area contributed by atoms with Crippen molar-refractivity contribution >= 4 is 35.2 Å². The molecule has 0 aliphatic rings. The van der Waals surface area contributed by atoms with Gasteiger partial charge in [0.25, 0.3) is 0 Å². The molecule has 2 N–H and O–H groups in total. The van der Waals surface area contributed by atoms with E-state index in [1.54, 1.807) is 11.8 Å². The lowest BCUT2D eigenvalue weighted by molar-refractivity contribution is 0.843. The second kappa shape index (κ2) is 8.48. The molecule has 1 rings (SSSR count). The van der Waals surface area contributed by atoms with Crippen LogP contribution in [0.15, 0.2) is 11.2 Å². The summed E-state index contributed by atoms with van der Waals surface area (Å²) in [6.07, 6.45) is 5.27. The first-order valence-corrected chi connectivity index (χ1v) is 8.64. The predicted molar refractivity (Wildman–Crippen MR) is 84.1 cm³/mol. The van der Waals surface area contributed by atoms with Gasteiger partial charge in [0.1, 0.15) is 11.6 Å². The molecule has 6 heteroatoms. The number of thioether (sulfide) groups is 2. The summed E-state index contributed by atoms with van der Waals surface area (Å²) >= 11 is 3.45. The third kappa shape index (κ3) is 5.35. The minimum Gasteiger partial charge on any atom is -0.370 e. The van der Waals surface area contributed by atoms with Crippen molar-refractivity contribution in [3.63, 3.8) is 0 Å². The fourth-order valence-corrected chi connectivity index (χ4v) is 2.13. The molecular formula is C12H22N4S2. The molecule has 0 fully saturated rings. The predicted octanol–water partition coefficient (Wildman–Crippen LogP) is 3.18. The molecule has 1 aromatic rings. The summed E-state index contributed by atoms with van der Waals surface area (Å²) in [4.78, 5) is 8.85. The smallest absolute Gasteiger partial charge is 0.191 e. The van der Waals surface area contributed by atoms with Crippen molar-refractivity contribution in [1.82, 2.24) is 9.97 Å². The molecular weight excluding hydrogens is 264 g/mol. The third-order valence-electron chi connectivity index (χ3n) is 2.51. The highest BCUT2D eigenvalue weighted by molar-refractivity contribution is 7.99. The van der Waals surface area contributed by atoms with Gasteiger partial charge in [0.15, 0.2) is 5.16 Å². The minimum atomic E-state index is 0.674. The van der Waals surface area contributed by atoms with Crippen LogP contribution in [0.5, 0.6) is 0 Å². The highest BCUT2D eigenvalue weighted by Gasteiger charge is 2.04. The number of hydrogen-bond acceptors (Lipinski definition) is 6. The van der Waals surface area contributed by atoms with Crippen LogP contribution >= 0.6 is 23.5 Å². The monoisotopic (exact) mass is 286 g/mol. The first-order chi connectivity index (χ1) is 8.69. The van der Waals surface area contributed by atoms with Gasteiger partial charge in [0.2, 0.25) is 0 Å². The Labute approximate surface area is 118 Å². The zero-order chi connectivity index (χ0) is 13.4. The van der Waals surface area contributed by atoms with Crippen LogP contribution in [0.25, 0.3) is 0 Å². The second-order valence-corrected chi connectivity index (χ2v) is 5.97. The van der Waals surface area contributed by atoms with Crippen molar-refractivity contribution in [3.8, 4) is 0 Å². The third-order valence-corrected chi connectivity index (χ3v) is 4.09. The van der Waals surface area contributed by atoms with E-state index in [-0.39, 0.29) is 0 Å². The summed E-state index contributed by atoms with van der Waals surface area (Å²) in [6.45, 7) is 6.12. The van der Waals surface area contributed by atoms with Gasteiger partial charge in [-0.25, -0.2) is 9.97 Å². The molecule has 0 aromatic carbocycles. The fraction of sp³-hybridized carbons (Fsp3) is 0.667. The van der Waals surface area contributed by atoms with Crippen LogP contribution in [-0.4, -0.2) is 40.8 Å². The van der Waals surface area contributed by atoms with Crippen LogP contribution in [0, 0.1) is 0 Å². The molecule has 0 bridgehead atoms. The summed E-state index contributed by atoms with van der Waals surface area (Å²) < 4.78 is 0. The maximum absolute atomic E-state index is 4.45. The van der Waals surface area contributed by atoms with Crippen molar-refractivity contribution in [2.24, 2.45) is 0 Å². The molecule has 1 heterocycles. The van der Waals surface area contributed by atoms with Crippen LogP contribution in [0.1, 0.15) is 20.3 Å². The van der Waals surface area contributed by atoms with E-state index >= 15 is 0 Å². The maximum atomic E-state index is 4.45. The lowest BCUT2D eigenvalue weighted by atomic mass is 10.3. The summed E-state index contributed by atoms with van der Waals surface area (Å²) in [7, 11) is 0. The van der Waals surface area contributed by atoms with Crippen LogP contribution < -0.4 is 10.6 Å². The number of aromatic nitrogens is 2. The Morgan fingerprint density at radius 3 is 2.44 bits per heavy atom. The van der Waals surface area contributed by atoms with Gasteiger partial charge in [-0.3, -0.25) is 0 Å². The fourth-order valence-electron chi connectivity index (χ4n) is 1.40. The van der Waals surface area contributed by atoms with Gasteiger partial charge in [-0.2, -0.15) is 11.8 Å². The van der Waals surface area contributed by atoms with Crippen LogP contribution in [0.3, 0.4) is 0 Å². The first kappa shape index (κ1) is 15.4. The van der Waals surface area contributed by atoms with Gasteiger partial charge in [0.05, 0.1) is 0 Å². The van der Waals surface area contributed by atoms with E-state index in [0.29, 0.717) is 5.25 Å². The topological polar surface area (TPSA) is 49.8 Å². The first-order valence-electron chi connectivity index (χ1n) is 6.13. The van der Waals surface area contributed by atoms with Crippen molar-refractivity contribution < 1.29 is 0 Å². The molecule has 0 amide bonds. The molecule has 0 aliphatic carbocycles. The molecule has 0 saturated heterocycles. The molecule has 1 atom stereocenters. The molecule has 1 unspecified atom stereocenters. The van der Waals surface area contributed by atoms with E-state index in [2.05, 4.69) is 40.7 Å². The summed E-state index contributed by atoms with van der Waals surface area (Å²) in [5.74, 6) is 1.79. The Kier molecular flexibility index (Phi) is 7.27. The second-order valence-electron chi connectivity index (χ2n) is 3.92. The zero-order valence-corrected chi connectivity index (χ0v) is 13.1. The minimum absolute atomic E-state index is 0.674. The van der Waals surface area contributed by atoms with Gasteiger partial charge < -0.3 is 10.6 Å². The number of hydrogen-bond donors (Lipinski definition) is 2. The average Bonchev–Trinajstić information content (AvgIpc) is 2.38. The molecule has 0 radical (unpaired) electrons. The molecule has 4 nitrogen and oxygen atoms in total. The molecule has 0 saturated carbocycles. The highest BCUT2D eigenvalue weighted by Crippen LogP contribution is 2.17. The van der Waals surface area contributed by atoms with Crippen molar-refractivity contribution in [2.45, 2.75) is 30.7 Å². The normalized spacial score (nSPS) is 12.2. The number of anilines is 2. The lowest BCUT2D eigenvalue weighted by Gasteiger charge is -2.11. The van der Waals surface area contributed by atoms with Crippen molar-refractivity contribution in [2.75, 3.05) is 36.2 Å². The quantitative estimate of drug-likeness (QED) is 0.565. The molecule has 102 valence electrons. The summed E-state index contributed by atoms with van der Waals surface area (Å²) in [6, 6.07) is 1.97. The summed E-state index contributed by atoms with van der Waals surface area (Å²) in [5, 5.41) is 8.06. The van der Waals surface area contributed by atoms with E-state index in [1.807, 2.05) is 24.1 Å². The lowest BCUT2D eigenvalue weighted by Crippen LogP contribution is -2.10. The number of nitrogens with one attached hydrogen (secondary N) is 2. The van der Waals surface area contributed by atoms with E-state index < -0.39 is 0 Å². The molecule has 0 aliphatic heterocycles. The van der Waals surface area contributed by atoms with E-state index in [9.17, 15) is 0 Å². The Balaban J connectivity index is 2.60. The van der Waals surface area contributed by atoms with Crippen LogP contribution in [0.2, 0.25) is 0 Å². The van der Waals surface area contributed by atoms with E-state index in [1.165, 1.54) is 0 Å². The van der Waals surface area contributed by atoms with E-state index in [0.717, 1.165) is 36.3 Å². The standard InChI is InChI=1S/C12H22N4S2/c1-5-13-10-8-11(16-12(15-10)18-4)14-7-6-9(2)17-3/h8-9H,5-7H2,1-4H3,(H2,13,14,15,16). The SMILES string of the molecule is CCNc1cc(NCCC(C)SC)nc(SC)n1.